The predicted octanol–water partition coefficient (Wildman–Crippen LogP) is 13.3. The van der Waals surface area contributed by atoms with Gasteiger partial charge < -0.3 is 0 Å². The number of nitrogens with zero attached hydrogens (tertiary/aromatic N) is 6. The van der Waals surface area contributed by atoms with E-state index in [1.54, 1.807) is 6.20 Å². The lowest BCUT2D eigenvalue weighted by Gasteiger charge is -2.17. The van der Waals surface area contributed by atoms with E-state index in [0.717, 1.165) is 72.0 Å². The minimum Gasteiger partial charge on any atom is -0.264 e. The van der Waals surface area contributed by atoms with E-state index < -0.39 is 0 Å². The summed E-state index contributed by atoms with van der Waals surface area (Å²) in [4.78, 5) is 29.5. The highest BCUT2D eigenvalue weighted by Gasteiger charge is 2.18. The lowest BCUT2D eigenvalue weighted by Crippen LogP contribution is -2.00. The Labute approximate surface area is 344 Å². The first-order valence-corrected chi connectivity index (χ1v) is 20.0. The molecule has 4 aromatic heterocycles. The van der Waals surface area contributed by atoms with Gasteiger partial charge >= 0.3 is 0 Å². The summed E-state index contributed by atoms with van der Waals surface area (Å²) >= 11 is 0. The number of rotatable bonds is 6. The monoisotopic (exact) mass is 764 g/mol. The van der Waals surface area contributed by atoms with Gasteiger partial charge in [-0.25, -0.2) is 19.9 Å². The molecule has 0 aliphatic heterocycles. The van der Waals surface area contributed by atoms with Gasteiger partial charge in [0.1, 0.15) is 0 Å². The second kappa shape index (κ2) is 13.7. The molecule has 0 unspecified atom stereocenters. The van der Waals surface area contributed by atoms with E-state index in [4.69, 9.17) is 19.9 Å². The molecule has 0 N–H and O–H groups in total. The zero-order valence-electron chi connectivity index (χ0n) is 32.2. The number of aromatic nitrogens is 6. The van der Waals surface area contributed by atoms with Gasteiger partial charge in [0, 0.05) is 51.6 Å². The molecule has 0 radical (unpaired) electrons. The molecular formula is C54H32N6. The van der Waals surface area contributed by atoms with Gasteiger partial charge in [-0.2, -0.15) is 0 Å². The van der Waals surface area contributed by atoms with Crippen LogP contribution in [0.3, 0.4) is 0 Å². The minimum atomic E-state index is 0.605. The molecule has 0 fully saturated rings. The van der Waals surface area contributed by atoms with E-state index in [-0.39, 0.29) is 0 Å². The standard InChI is InChI=1S/C54H32N6/c1-3-10-37(11-4-1)52-58-53(38-12-5-2-6-13-38)60-54(59-52)42-29-40(28-41(30-42)45-31-39-16-7-14-34-21-22-35-15-8-17-43(45)49(35)48(34)39)33-19-23-36(24-20-33)50-44-25-27-55-32-46(44)51-47(57-50)18-9-26-56-51/h1-32H. The van der Waals surface area contributed by atoms with Gasteiger partial charge in [-0.15, -0.1) is 0 Å². The van der Waals surface area contributed by atoms with Crippen LogP contribution in [0.1, 0.15) is 0 Å². The van der Waals surface area contributed by atoms with Crippen molar-refractivity contribution in [3.63, 3.8) is 0 Å². The van der Waals surface area contributed by atoms with Crippen molar-refractivity contribution in [2.24, 2.45) is 0 Å². The third-order valence-electron chi connectivity index (χ3n) is 11.6. The number of pyridine rings is 3. The van der Waals surface area contributed by atoms with Gasteiger partial charge in [-0.05, 0) is 97.0 Å². The summed E-state index contributed by atoms with van der Waals surface area (Å²) in [5.41, 5.74) is 10.7. The Kier molecular flexibility index (Phi) is 7.74. The Hall–Kier alpha value is -8.22. The van der Waals surface area contributed by atoms with Crippen LogP contribution in [0.2, 0.25) is 0 Å². The van der Waals surface area contributed by atoms with Crippen LogP contribution >= 0.6 is 0 Å². The smallest absolute Gasteiger partial charge is 0.164 e. The van der Waals surface area contributed by atoms with Crippen LogP contribution in [-0.4, -0.2) is 29.9 Å². The largest absolute Gasteiger partial charge is 0.264 e. The normalized spacial score (nSPS) is 11.7. The highest BCUT2D eigenvalue weighted by atomic mass is 15.0. The Morgan fingerprint density at radius 3 is 1.72 bits per heavy atom. The minimum absolute atomic E-state index is 0.605. The molecule has 0 bridgehead atoms. The van der Waals surface area contributed by atoms with Crippen LogP contribution in [0, 0.1) is 0 Å². The second-order valence-corrected chi connectivity index (χ2v) is 15.1. The average Bonchev–Trinajstić information content (AvgIpc) is 3.33. The van der Waals surface area contributed by atoms with Gasteiger partial charge in [0.05, 0.1) is 16.7 Å². The number of benzene rings is 8. The van der Waals surface area contributed by atoms with Crippen molar-refractivity contribution in [2.45, 2.75) is 0 Å². The topological polar surface area (TPSA) is 77.3 Å². The third-order valence-corrected chi connectivity index (χ3v) is 11.6. The molecule has 6 heteroatoms. The van der Waals surface area contributed by atoms with Crippen LogP contribution < -0.4 is 0 Å². The van der Waals surface area contributed by atoms with E-state index in [0.29, 0.717) is 17.5 Å². The van der Waals surface area contributed by atoms with Gasteiger partial charge in [0.15, 0.2) is 17.5 Å². The lowest BCUT2D eigenvalue weighted by molar-refractivity contribution is 1.07. The van der Waals surface area contributed by atoms with Crippen LogP contribution in [0.15, 0.2) is 195 Å². The summed E-state index contributed by atoms with van der Waals surface area (Å²) < 4.78 is 0. The van der Waals surface area contributed by atoms with Crippen molar-refractivity contribution in [2.75, 3.05) is 0 Å². The van der Waals surface area contributed by atoms with E-state index in [1.807, 2.05) is 91.3 Å². The fourth-order valence-electron chi connectivity index (χ4n) is 8.72. The molecule has 8 aromatic carbocycles. The van der Waals surface area contributed by atoms with E-state index in [9.17, 15) is 0 Å². The van der Waals surface area contributed by atoms with Crippen LogP contribution in [0.4, 0.5) is 0 Å². The zero-order valence-corrected chi connectivity index (χ0v) is 32.2. The quantitative estimate of drug-likeness (QED) is 0.157. The summed E-state index contributed by atoms with van der Waals surface area (Å²) in [6.45, 7) is 0. The molecule has 0 saturated carbocycles. The molecule has 0 aliphatic carbocycles. The summed E-state index contributed by atoms with van der Waals surface area (Å²) in [6, 6.07) is 61.7. The maximum atomic E-state index is 5.17. The maximum absolute atomic E-state index is 5.17. The molecule has 12 rings (SSSR count). The first-order chi connectivity index (χ1) is 29.7. The molecule has 4 heterocycles. The van der Waals surface area contributed by atoms with E-state index in [1.165, 1.54) is 32.3 Å². The SMILES string of the molecule is c1ccc(-c2nc(-c3ccccc3)nc(-c3cc(-c4ccc(-c5nc6cccnc6c6cnccc56)cc4)cc(-c4cc5cccc6ccc7cccc4c7c65)c3)n2)cc1. The van der Waals surface area contributed by atoms with Crippen molar-refractivity contribution in [3.8, 4) is 67.7 Å². The number of hydrogen-bond donors (Lipinski definition) is 0. The van der Waals surface area contributed by atoms with Gasteiger partial charge in [-0.1, -0.05) is 133 Å². The second-order valence-electron chi connectivity index (χ2n) is 15.1. The molecule has 12 aromatic rings. The van der Waals surface area contributed by atoms with Gasteiger partial charge in [0.2, 0.25) is 0 Å². The molecule has 0 aliphatic rings. The van der Waals surface area contributed by atoms with Gasteiger partial charge in [0.25, 0.3) is 0 Å². The van der Waals surface area contributed by atoms with Crippen molar-refractivity contribution in [1.82, 2.24) is 29.9 Å². The van der Waals surface area contributed by atoms with Crippen molar-refractivity contribution >= 4 is 54.1 Å². The van der Waals surface area contributed by atoms with E-state index in [2.05, 4.69) is 107 Å². The Morgan fingerprint density at radius 1 is 0.333 bits per heavy atom. The molecular weight excluding hydrogens is 733 g/mol. The Balaban J connectivity index is 1.08. The first kappa shape index (κ1) is 33.9. The fraction of sp³-hybridized carbons (Fsp3) is 0. The molecule has 0 amide bonds. The summed E-state index contributed by atoms with van der Waals surface area (Å²) in [5, 5.41) is 9.45. The molecule has 0 atom stereocenters. The predicted molar refractivity (Wildman–Crippen MR) is 245 cm³/mol. The molecule has 278 valence electrons. The number of hydrogen-bond acceptors (Lipinski definition) is 6. The van der Waals surface area contributed by atoms with Crippen LogP contribution in [-0.2, 0) is 0 Å². The molecule has 60 heavy (non-hydrogen) atoms. The highest BCUT2D eigenvalue weighted by molar-refractivity contribution is 6.26. The maximum Gasteiger partial charge on any atom is 0.164 e. The number of fused-ring (bicyclic) bond motifs is 3. The molecule has 0 saturated heterocycles. The highest BCUT2D eigenvalue weighted by Crippen LogP contribution is 2.43. The van der Waals surface area contributed by atoms with Crippen molar-refractivity contribution < 1.29 is 0 Å². The zero-order chi connectivity index (χ0) is 39.6. The Bertz CT molecular complexity index is 3530. The third kappa shape index (κ3) is 5.65. The van der Waals surface area contributed by atoms with Crippen LogP contribution in [0.25, 0.3) is 122 Å². The first-order valence-electron chi connectivity index (χ1n) is 20.0. The summed E-state index contributed by atoms with van der Waals surface area (Å²) in [5.74, 6) is 1.85. The van der Waals surface area contributed by atoms with Crippen LogP contribution in [0.5, 0.6) is 0 Å². The Morgan fingerprint density at radius 2 is 0.967 bits per heavy atom. The summed E-state index contributed by atoms with van der Waals surface area (Å²) in [7, 11) is 0. The van der Waals surface area contributed by atoms with Gasteiger partial charge in [-0.3, -0.25) is 9.97 Å². The average molecular weight is 765 g/mol. The van der Waals surface area contributed by atoms with Crippen molar-refractivity contribution in [1.29, 1.82) is 0 Å². The molecule has 6 nitrogen and oxygen atoms in total. The summed E-state index contributed by atoms with van der Waals surface area (Å²) in [6.07, 6.45) is 5.50. The van der Waals surface area contributed by atoms with E-state index >= 15 is 0 Å². The van der Waals surface area contributed by atoms with Crippen molar-refractivity contribution in [3.05, 3.63) is 195 Å². The molecule has 0 spiro atoms. The lowest BCUT2D eigenvalue weighted by atomic mass is 9.87. The fourth-order valence-corrected chi connectivity index (χ4v) is 8.72.